The van der Waals surface area contributed by atoms with Crippen LogP contribution in [0.5, 0.6) is 0 Å². The molecule has 0 spiro atoms. The first-order chi connectivity index (χ1) is 10.7. The molecule has 0 atom stereocenters. The van der Waals surface area contributed by atoms with Crippen molar-refractivity contribution >= 4 is 23.8 Å². The second-order valence-electron chi connectivity index (χ2n) is 4.70. The fraction of sp³-hybridized carbons (Fsp3) is 0. The fourth-order valence-electron chi connectivity index (χ4n) is 2.28. The van der Waals surface area contributed by atoms with Gasteiger partial charge < -0.3 is 0 Å². The lowest BCUT2D eigenvalue weighted by atomic mass is 10.3. The molecular formula is C18H12F3P. The summed E-state index contributed by atoms with van der Waals surface area (Å²) in [4.78, 5) is 0. The lowest BCUT2D eigenvalue weighted by molar-refractivity contribution is 0.504. The first-order valence-electron chi connectivity index (χ1n) is 6.72. The Bertz CT molecular complexity index is 734. The number of rotatable bonds is 3. The summed E-state index contributed by atoms with van der Waals surface area (Å²) in [5.74, 6) is -2.87. The van der Waals surface area contributed by atoms with Crippen molar-refractivity contribution in [2.75, 3.05) is 0 Å². The third kappa shape index (κ3) is 2.77. The molecule has 4 heteroatoms. The second-order valence-corrected chi connectivity index (χ2v) is 6.85. The fourth-order valence-corrected chi connectivity index (χ4v) is 4.63. The van der Waals surface area contributed by atoms with Crippen molar-refractivity contribution in [3.05, 3.63) is 90.2 Å². The summed E-state index contributed by atoms with van der Waals surface area (Å²) in [7, 11) is -1.49. The van der Waals surface area contributed by atoms with E-state index in [2.05, 4.69) is 0 Å². The predicted octanol–water partition coefficient (Wildman–Crippen LogP) is 3.86. The van der Waals surface area contributed by atoms with Crippen LogP contribution in [0.25, 0.3) is 0 Å². The quantitative estimate of drug-likeness (QED) is 0.508. The summed E-state index contributed by atoms with van der Waals surface area (Å²) in [5.41, 5.74) is 0. The van der Waals surface area contributed by atoms with Crippen molar-refractivity contribution in [2.45, 2.75) is 0 Å². The van der Waals surface area contributed by atoms with Crippen molar-refractivity contribution < 1.29 is 13.2 Å². The Morgan fingerprint density at radius 3 is 1.50 bits per heavy atom. The van der Waals surface area contributed by atoms with Gasteiger partial charge in [-0.15, -0.1) is 0 Å². The summed E-state index contributed by atoms with van der Waals surface area (Å²) < 4.78 is 42.2. The van der Waals surface area contributed by atoms with Gasteiger partial charge in [0, 0.05) is 0 Å². The van der Waals surface area contributed by atoms with Gasteiger partial charge >= 0.3 is 0 Å². The third-order valence-corrected chi connectivity index (χ3v) is 5.76. The van der Waals surface area contributed by atoms with Gasteiger partial charge in [-0.1, -0.05) is 60.7 Å². The first kappa shape index (κ1) is 14.8. The Kier molecular flexibility index (Phi) is 4.26. The Hall–Kier alpha value is -2.12. The minimum atomic E-state index is -1.49. The highest BCUT2D eigenvalue weighted by Crippen LogP contribution is 2.35. The van der Waals surface area contributed by atoms with Crippen LogP contribution in [0.4, 0.5) is 13.2 Å². The molecule has 22 heavy (non-hydrogen) atoms. The predicted molar refractivity (Wildman–Crippen MR) is 85.0 cm³/mol. The number of halogens is 3. The average Bonchev–Trinajstić information content (AvgIpc) is 2.57. The maximum atomic E-state index is 14.3. The highest BCUT2D eigenvalue weighted by atomic mass is 31.1. The molecule has 110 valence electrons. The van der Waals surface area contributed by atoms with Gasteiger partial charge in [0.15, 0.2) is 11.6 Å². The zero-order valence-corrected chi connectivity index (χ0v) is 12.4. The highest BCUT2D eigenvalue weighted by molar-refractivity contribution is 7.79. The van der Waals surface area contributed by atoms with Crippen molar-refractivity contribution in [1.29, 1.82) is 0 Å². The van der Waals surface area contributed by atoms with Crippen LogP contribution in [-0.2, 0) is 0 Å². The van der Waals surface area contributed by atoms with E-state index in [0.29, 0.717) is 0 Å². The summed E-state index contributed by atoms with van der Waals surface area (Å²) in [6, 6.07) is 19.9. The molecule has 0 aliphatic rings. The molecule has 0 amide bonds. The van der Waals surface area contributed by atoms with Crippen LogP contribution in [-0.4, -0.2) is 0 Å². The van der Waals surface area contributed by atoms with E-state index in [4.69, 9.17) is 0 Å². The molecular weight excluding hydrogens is 304 g/mol. The summed E-state index contributed by atoms with van der Waals surface area (Å²) in [6.07, 6.45) is 0. The summed E-state index contributed by atoms with van der Waals surface area (Å²) in [5, 5.41) is 1.34. The van der Waals surface area contributed by atoms with Crippen LogP contribution >= 0.6 is 7.92 Å². The van der Waals surface area contributed by atoms with Gasteiger partial charge in [0.25, 0.3) is 0 Å². The molecule has 3 rings (SSSR count). The molecule has 0 nitrogen and oxygen atoms in total. The number of hydrogen-bond acceptors (Lipinski definition) is 0. The van der Waals surface area contributed by atoms with E-state index in [1.807, 2.05) is 60.7 Å². The Balaban J connectivity index is 2.26. The molecule has 0 aromatic heterocycles. The van der Waals surface area contributed by atoms with Crippen LogP contribution in [0.1, 0.15) is 0 Å². The van der Waals surface area contributed by atoms with Gasteiger partial charge in [-0.05, 0) is 30.7 Å². The van der Waals surface area contributed by atoms with Crippen LogP contribution in [0.2, 0.25) is 0 Å². The Labute approximate surface area is 128 Å². The SMILES string of the molecule is Fc1ccc(F)c(P(c2ccccc2)c2ccccc2)c1F. The molecule has 3 aromatic rings. The molecule has 0 radical (unpaired) electrons. The molecule has 0 aliphatic carbocycles. The normalized spacial score (nSPS) is 10.9. The van der Waals surface area contributed by atoms with Crippen molar-refractivity contribution in [3.63, 3.8) is 0 Å². The average molecular weight is 316 g/mol. The molecule has 3 aromatic carbocycles. The van der Waals surface area contributed by atoms with E-state index >= 15 is 0 Å². The zero-order valence-electron chi connectivity index (χ0n) is 11.5. The number of benzene rings is 3. The lowest BCUT2D eigenvalue weighted by Gasteiger charge is -2.20. The monoisotopic (exact) mass is 316 g/mol. The minimum absolute atomic E-state index is 0.201. The van der Waals surface area contributed by atoms with Crippen molar-refractivity contribution in [2.24, 2.45) is 0 Å². The maximum Gasteiger partial charge on any atom is 0.170 e. The molecule has 0 aliphatic heterocycles. The highest BCUT2D eigenvalue weighted by Gasteiger charge is 2.25. The van der Waals surface area contributed by atoms with Crippen molar-refractivity contribution in [1.82, 2.24) is 0 Å². The number of hydrogen-bond donors (Lipinski definition) is 0. The van der Waals surface area contributed by atoms with Gasteiger partial charge in [-0.25, -0.2) is 13.2 Å². The Morgan fingerprint density at radius 2 is 1.00 bits per heavy atom. The van der Waals surface area contributed by atoms with Gasteiger partial charge in [0.2, 0.25) is 0 Å². The van der Waals surface area contributed by atoms with Gasteiger partial charge in [0.1, 0.15) is 5.82 Å². The summed E-state index contributed by atoms with van der Waals surface area (Å²) in [6.45, 7) is 0. The summed E-state index contributed by atoms with van der Waals surface area (Å²) >= 11 is 0. The lowest BCUT2D eigenvalue weighted by Crippen LogP contribution is -2.26. The smallest absolute Gasteiger partial charge is 0.170 e. The third-order valence-electron chi connectivity index (χ3n) is 3.27. The zero-order chi connectivity index (χ0) is 15.5. The van der Waals surface area contributed by atoms with E-state index in [0.717, 1.165) is 22.7 Å². The molecule has 0 saturated heterocycles. The Morgan fingerprint density at radius 1 is 0.545 bits per heavy atom. The molecule has 0 N–H and O–H groups in total. The van der Waals surface area contributed by atoms with Crippen LogP contribution in [0.15, 0.2) is 72.8 Å². The second kappa shape index (κ2) is 6.33. The molecule has 0 heterocycles. The van der Waals surface area contributed by atoms with Crippen LogP contribution < -0.4 is 15.9 Å². The van der Waals surface area contributed by atoms with Gasteiger partial charge in [-0.2, -0.15) is 0 Å². The van der Waals surface area contributed by atoms with E-state index in [-0.39, 0.29) is 5.30 Å². The standard InChI is InChI=1S/C18H12F3P/c19-15-11-12-16(20)18(17(15)21)22(13-7-3-1-4-8-13)14-9-5-2-6-10-14/h1-12H. The molecule has 0 fully saturated rings. The van der Waals surface area contributed by atoms with Crippen molar-refractivity contribution in [3.8, 4) is 0 Å². The molecule has 0 unspecified atom stereocenters. The van der Waals surface area contributed by atoms with E-state index in [1.165, 1.54) is 0 Å². The topological polar surface area (TPSA) is 0 Å². The minimum Gasteiger partial charge on any atom is -0.206 e. The largest absolute Gasteiger partial charge is 0.206 e. The van der Waals surface area contributed by atoms with Gasteiger partial charge in [-0.3, -0.25) is 0 Å². The molecule has 0 bridgehead atoms. The van der Waals surface area contributed by atoms with Gasteiger partial charge in [0.05, 0.1) is 5.30 Å². The van der Waals surface area contributed by atoms with E-state index < -0.39 is 25.4 Å². The first-order valence-corrected chi connectivity index (χ1v) is 8.06. The maximum absolute atomic E-state index is 14.3. The van der Waals surface area contributed by atoms with E-state index in [1.54, 1.807) is 0 Å². The molecule has 0 saturated carbocycles. The van der Waals surface area contributed by atoms with Crippen LogP contribution in [0, 0.1) is 17.5 Å². The van der Waals surface area contributed by atoms with Crippen LogP contribution in [0.3, 0.4) is 0 Å². The van der Waals surface area contributed by atoms with E-state index in [9.17, 15) is 13.2 Å².